The average Bonchev–Trinajstić information content (AvgIpc) is 3.51. The Bertz CT molecular complexity index is 2130. The summed E-state index contributed by atoms with van der Waals surface area (Å²) in [6.07, 6.45) is 0. The molecule has 7 aromatic carbocycles. The van der Waals surface area contributed by atoms with Gasteiger partial charge in [0.25, 0.3) is 0 Å². The Morgan fingerprint density at radius 3 is 1.69 bits per heavy atom. The number of anilines is 3. The summed E-state index contributed by atoms with van der Waals surface area (Å²) < 4.78 is 6.57. The predicted octanol–water partition coefficient (Wildman–Crippen LogP) is 10.9. The summed E-state index contributed by atoms with van der Waals surface area (Å²) in [5.74, 6) is 0.629. The molecule has 0 unspecified atom stereocenters. The minimum absolute atomic E-state index is 0.629. The zero-order valence-corrected chi connectivity index (χ0v) is 22.8. The zero-order chi connectivity index (χ0) is 27.9. The highest BCUT2D eigenvalue weighted by Gasteiger charge is 2.20. The second-order valence-electron chi connectivity index (χ2n) is 10.4. The van der Waals surface area contributed by atoms with E-state index >= 15 is 0 Å². The molecule has 0 spiro atoms. The quantitative estimate of drug-likeness (QED) is 0.204. The molecule has 3 heteroatoms. The number of oxazole rings is 1. The molecule has 0 saturated carbocycles. The number of nitrogens with zero attached hydrogens (tertiary/aromatic N) is 2. The third-order valence-electron chi connectivity index (χ3n) is 7.84. The van der Waals surface area contributed by atoms with Crippen molar-refractivity contribution in [2.45, 2.75) is 0 Å². The van der Waals surface area contributed by atoms with Crippen molar-refractivity contribution in [1.29, 1.82) is 0 Å². The molecule has 0 radical (unpaired) electrons. The van der Waals surface area contributed by atoms with Gasteiger partial charge in [-0.2, -0.15) is 0 Å². The summed E-state index contributed by atoms with van der Waals surface area (Å²) in [4.78, 5) is 7.24. The highest BCUT2D eigenvalue weighted by atomic mass is 16.3. The van der Waals surface area contributed by atoms with Gasteiger partial charge in [-0.25, -0.2) is 4.98 Å². The average molecular weight is 539 g/mol. The number of aromatic nitrogens is 1. The molecule has 0 bridgehead atoms. The van der Waals surface area contributed by atoms with E-state index < -0.39 is 0 Å². The first kappa shape index (κ1) is 24.2. The molecule has 0 saturated heterocycles. The van der Waals surface area contributed by atoms with Crippen molar-refractivity contribution < 1.29 is 4.42 Å². The smallest absolute Gasteiger partial charge is 0.227 e. The normalized spacial score (nSPS) is 11.3. The van der Waals surface area contributed by atoms with Gasteiger partial charge < -0.3 is 9.32 Å². The first-order valence-corrected chi connectivity index (χ1v) is 14.1. The summed E-state index contributed by atoms with van der Waals surface area (Å²) >= 11 is 0. The van der Waals surface area contributed by atoms with E-state index in [2.05, 4.69) is 132 Å². The first-order valence-electron chi connectivity index (χ1n) is 14.1. The first-order chi connectivity index (χ1) is 20.8. The van der Waals surface area contributed by atoms with Crippen molar-refractivity contribution in [3.05, 3.63) is 158 Å². The molecule has 198 valence electrons. The van der Waals surface area contributed by atoms with Gasteiger partial charge in [-0.1, -0.05) is 103 Å². The Morgan fingerprint density at radius 2 is 1.05 bits per heavy atom. The van der Waals surface area contributed by atoms with E-state index in [1.54, 1.807) is 0 Å². The van der Waals surface area contributed by atoms with Crippen LogP contribution in [0.3, 0.4) is 0 Å². The van der Waals surface area contributed by atoms with E-state index in [1.807, 2.05) is 30.3 Å². The molecular formula is C39H26N2O. The second kappa shape index (κ2) is 10.1. The zero-order valence-electron chi connectivity index (χ0n) is 22.8. The number of para-hydroxylation sites is 2. The molecule has 0 amide bonds. The maximum atomic E-state index is 6.57. The van der Waals surface area contributed by atoms with Gasteiger partial charge in [0, 0.05) is 27.7 Å². The molecule has 1 heterocycles. The summed E-state index contributed by atoms with van der Waals surface area (Å²) in [5, 5.41) is 4.45. The second-order valence-corrected chi connectivity index (χ2v) is 10.4. The molecular weight excluding hydrogens is 512 g/mol. The van der Waals surface area contributed by atoms with Crippen LogP contribution < -0.4 is 4.90 Å². The lowest BCUT2D eigenvalue weighted by Gasteiger charge is -2.28. The number of benzene rings is 7. The van der Waals surface area contributed by atoms with E-state index in [0.29, 0.717) is 5.89 Å². The summed E-state index contributed by atoms with van der Waals surface area (Å²) in [5.41, 5.74) is 8.22. The van der Waals surface area contributed by atoms with Gasteiger partial charge in [0.05, 0.1) is 5.69 Å². The van der Waals surface area contributed by atoms with Crippen LogP contribution in [0.15, 0.2) is 162 Å². The molecule has 0 atom stereocenters. The monoisotopic (exact) mass is 538 g/mol. The predicted molar refractivity (Wildman–Crippen MR) is 175 cm³/mol. The van der Waals surface area contributed by atoms with Crippen molar-refractivity contribution in [2.75, 3.05) is 4.90 Å². The number of rotatable bonds is 5. The van der Waals surface area contributed by atoms with Gasteiger partial charge in [-0.3, -0.25) is 0 Å². The van der Waals surface area contributed by atoms with Crippen molar-refractivity contribution in [3.8, 4) is 22.6 Å². The highest BCUT2D eigenvalue weighted by Crippen LogP contribution is 2.44. The molecule has 3 nitrogen and oxygen atoms in total. The van der Waals surface area contributed by atoms with Crippen LogP contribution in [0.4, 0.5) is 17.1 Å². The summed E-state index contributed by atoms with van der Waals surface area (Å²) in [6.45, 7) is 0. The van der Waals surface area contributed by atoms with Crippen LogP contribution in [0.2, 0.25) is 0 Å². The molecule has 0 fully saturated rings. The lowest BCUT2D eigenvalue weighted by atomic mass is 9.94. The lowest BCUT2D eigenvalue weighted by Crippen LogP contribution is -2.10. The number of hydrogen-bond donors (Lipinski definition) is 0. The van der Waals surface area contributed by atoms with E-state index in [-0.39, 0.29) is 0 Å². The van der Waals surface area contributed by atoms with Crippen LogP contribution in [0, 0.1) is 0 Å². The SMILES string of the molecule is c1ccc(-c2cc(N(c3ccccc3)c3ccccc3)c3ccc4ccc5nc(-c6ccccc6)oc5c4c3c2)cc1. The van der Waals surface area contributed by atoms with Crippen molar-refractivity contribution in [3.63, 3.8) is 0 Å². The van der Waals surface area contributed by atoms with Crippen molar-refractivity contribution in [1.82, 2.24) is 4.98 Å². The summed E-state index contributed by atoms with van der Waals surface area (Å²) in [6, 6.07) is 55.1. The van der Waals surface area contributed by atoms with E-state index in [4.69, 9.17) is 9.40 Å². The third kappa shape index (κ3) is 4.11. The fourth-order valence-electron chi connectivity index (χ4n) is 5.88. The van der Waals surface area contributed by atoms with Gasteiger partial charge in [0.1, 0.15) is 5.52 Å². The van der Waals surface area contributed by atoms with Crippen molar-refractivity contribution in [2.24, 2.45) is 0 Å². The van der Waals surface area contributed by atoms with Crippen LogP contribution >= 0.6 is 0 Å². The molecule has 42 heavy (non-hydrogen) atoms. The molecule has 8 aromatic rings. The van der Waals surface area contributed by atoms with E-state index in [1.165, 1.54) is 0 Å². The molecule has 1 aromatic heterocycles. The standard InChI is InChI=1S/C39H26N2O/c1-5-13-27(14-6-1)30-25-34-33(36(26-30)41(31-17-9-3-10-18-31)32-19-11-4-12-20-32)23-21-28-22-24-35-38(37(28)34)42-39(40-35)29-15-7-2-8-16-29/h1-26H. The molecule has 0 aliphatic rings. The van der Waals surface area contributed by atoms with Gasteiger partial charge in [0.2, 0.25) is 5.89 Å². The Hall–Kier alpha value is -5.67. The molecule has 8 rings (SSSR count). The van der Waals surface area contributed by atoms with Crippen LogP contribution in [-0.4, -0.2) is 4.98 Å². The number of fused-ring (bicyclic) bond motifs is 5. The van der Waals surface area contributed by atoms with Gasteiger partial charge in [-0.15, -0.1) is 0 Å². The van der Waals surface area contributed by atoms with Gasteiger partial charge in [0.15, 0.2) is 5.58 Å². The summed E-state index contributed by atoms with van der Waals surface area (Å²) in [7, 11) is 0. The minimum Gasteiger partial charge on any atom is -0.435 e. The Balaban J connectivity index is 1.49. The van der Waals surface area contributed by atoms with Gasteiger partial charge >= 0.3 is 0 Å². The van der Waals surface area contributed by atoms with Crippen LogP contribution in [0.1, 0.15) is 0 Å². The lowest BCUT2D eigenvalue weighted by molar-refractivity contribution is 0.623. The van der Waals surface area contributed by atoms with E-state index in [0.717, 1.165) is 66.4 Å². The highest BCUT2D eigenvalue weighted by molar-refractivity contribution is 6.21. The Labute approximate surface area is 243 Å². The Morgan fingerprint density at radius 1 is 0.476 bits per heavy atom. The van der Waals surface area contributed by atoms with Gasteiger partial charge in [-0.05, 0) is 76.5 Å². The van der Waals surface area contributed by atoms with Crippen LogP contribution in [0.25, 0.3) is 55.2 Å². The topological polar surface area (TPSA) is 29.3 Å². The molecule has 0 aliphatic carbocycles. The molecule has 0 aliphatic heterocycles. The maximum Gasteiger partial charge on any atom is 0.227 e. The Kier molecular flexibility index (Phi) is 5.79. The third-order valence-corrected chi connectivity index (χ3v) is 7.84. The van der Waals surface area contributed by atoms with Crippen molar-refractivity contribution >= 4 is 49.7 Å². The number of hydrogen-bond acceptors (Lipinski definition) is 3. The largest absolute Gasteiger partial charge is 0.435 e. The molecule has 0 N–H and O–H groups in total. The van der Waals surface area contributed by atoms with Crippen LogP contribution in [-0.2, 0) is 0 Å². The maximum absolute atomic E-state index is 6.57. The fraction of sp³-hybridized carbons (Fsp3) is 0. The fourth-order valence-corrected chi connectivity index (χ4v) is 5.88. The minimum atomic E-state index is 0.629. The van der Waals surface area contributed by atoms with E-state index in [9.17, 15) is 0 Å². The van der Waals surface area contributed by atoms with Crippen LogP contribution in [0.5, 0.6) is 0 Å².